The van der Waals surface area contributed by atoms with Crippen molar-refractivity contribution in [2.45, 2.75) is 92.6 Å². The smallest absolute Gasteiger partial charge is 0.311 e. The fourth-order valence-corrected chi connectivity index (χ4v) is 1.79. The summed E-state index contributed by atoms with van der Waals surface area (Å²) in [6, 6.07) is 0. The van der Waals surface area contributed by atoms with Crippen molar-refractivity contribution in [3.05, 3.63) is 0 Å². The molecule has 1 N–H and O–H groups in total. The third kappa shape index (κ3) is 7.28. The van der Waals surface area contributed by atoms with Crippen LogP contribution in [0.5, 0.6) is 0 Å². The number of ether oxygens (including phenoxy) is 1. The van der Waals surface area contributed by atoms with Gasteiger partial charge >= 0.3 is 11.9 Å². The van der Waals surface area contributed by atoms with Gasteiger partial charge in [-0.3, -0.25) is 9.59 Å². The van der Waals surface area contributed by atoms with E-state index in [0.717, 1.165) is 19.3 Å². The van der Waals surface area contributed by atoms with E-state index < -0.39 is 11.4 Å². The number of carbonyl (C=O) groups excluding carboxylic acids is 1. The Hall–Kier alpha value is -1.06. The molecule has 4 nitrogen and oxygen atoms in total. The Kier molecular flexibility index (Phi) is 8.72. The van der Waals surface area contributed by atoms with Gasteiger partial charge < -0.3 is 9.84 Å². The molecule has 0 amide bonds. The highest BCUT2D eigenvalue weighted by atomic mass is 16.5. The van der Waals surface area contributed by atoms with Crippen LogP contribution in [0.2, 0.25) is 0 Å². The van der Waals surface area contributed by atoms with E-state index in [2.05, 4.69) is 0 Å². The van der Waals surface area contributed by atoms with Crippen LogP contribution in [0.1, 0.15) is 86.5 Å². The van der Waals surface area contributed by atoms with Gasteiger partial charge in [0.25, 0.3) is 0 Å². The Bertz CT molecular complexity index is 352. The van der Waals surface area contributed by atoms with Gasteiger partial charge in [-0.15, -0.1) is 0 Å². The van der Waals surface area contributed by atoms with Crippen molar-refractivity contribution in [1.82, 2.24) is 0 Å². The summed E-state index contributed by atoms with van der Waals surface area (Å²) in [7, 11) is 0. The van der Waals surface area contributed by atoms with Crippen LogP contribution >= 0.6 is 0 Å². The molecule has 1 rings (SSSR count). The number of hydrogen-bond donors (Lipinski definition) is 1. The Morgan fingerprint density at radius 3 is 1.73 bits per heavy atom. The average Bonchev–Trinajstić information content (AvgIpc) is 2.48. The first-order valence-electron chi connectivity index (χ1n) is 8.51. The van der Waals surface area contributed by atoms with Crippen LogP contribution in [0.4, 0.5) is 0 Å². The third-order valence-electron chi connectivity index (χ3n) is 4.73. The molecule has 0 unspecified atom stereocenters. The van der Waals surface area contributed by atoms with Crippen molar-refractivity contribution < 1.29 is 19.4 Å². The van der Waals surface area contributed by atoms with E-state index in [1.165, 1.54) is 19.3 Å². The minimum Gasteiger partial charge on any atom is -0.481 e. The van der Waals surface area contributed by atoms with E-state index in [4.69, 9.17) is 9.84 Å². The van der Waals surface area contributed by atoms with Crippen LogP contribution in [0, 0.1) is 10.8 Å². The fourth-order valence-electron chi connectivity index (χ4n) is 1.79. The zero-order chi connectivity index (χ0) is 17.4. The topological polar surface area (TPSA) is 63.6 Å². The van der Waals surface area contributed by atoms with Crippen LogP contribution in [0.15, 0.2) is 0 Å². The number of carboxylic acids is 1. The van der Waals surface area contributed by atoms with Crippen LogP contribution in [0.3, 0.4) is 0 Å². The molecule has 0 bridgehead atoms. The molecule has 0 radical (unpaired) electrons. The number of carbonyl (C=O) groups is 2. The van der Waals surface area contributed by atoms with Crippen molar-refractivity contribution in [1.29, 1.82) is 0 Å². The summed E-state index contributed by atoms with van der Waals surface area (Å²) in [5.41, 5.74) is -0.850. The van der Waals surface area contributed by atoms with Gasteiger partial charge in [0.05, 0.1) is 10.8 Å². The second kappa shape index (κ2) is 9.16. The van der Waals surface area contributed by atoms with Crippen LogP contribution in [0.25, 0.3) is 0 Å². The highest BCUT2D eigenvalue weighted by Gasteiger charge is 2.29. The zero-order valence-corrected chi connectivity index (χ0v) is 15.2. The van der Waals surface area contributed by atoms with Gasteiger partial charge in [-0.25, -0.2) is 0 Å². The van der Waals surface area contributed by atoms with Gasteiger partial charge in [0.1, 0.15) is 6.10 Å². The summed E-state index contributed by atoms with van der Waals surface area (Å²) in [4.78, 5) is 22.0. The molecule has 0 heterocycles. The second-order valence-electron chi connectivity index (χ2n) is 7.45. The second-order valence-corrected chi connectivity index (χ2v) is 7.45. The molecule has 0 atom stereocenters. The van der Waals surface area contributed by atoms with E-state index in [-0.39, 0.29) is 17.5 Å². The van der Waals surface area contributed by atoms with Gasteiger partial charge in [0.15, 0.2) is 0 Å². The molecule has 0 aromatic rings. The lowest BCUT2D eigenvalue weighted by molar-refractivity contribution is -0.161. The lowest BCUT2D eigenvalue weighted by atomic mass is 9.90. The standard InChI is InChI=1S/C12H22O2.C6H12O2/c1-4-12(2,3)11(13)14-10-8-6-5-7-9-10;1-4-6(2,3)5(7)8/h10H,4-9H2,1-3H3;4H2,1-3H3,(H,7,8). The first kappa shape index (κ1) is 20.9. The molecule has 22 heavy (non-hydrogen) atoms. The maximum atomic E-state index is 11.7. The Morgan fingerprint density at radius 2 is 1.41 bits per heavy atom. The van der Waals surface area contributed by atoms with Gasteiger partial charge in [0.2, 0.25) is 0 Å². The third-order valence-corrected chi connectivity index (χ3v) is 4.73. The lowest BCUT2D eigenvalue weighted by Crippen LogP contribution is -2.31. The molecule has 0 aromatic carbocycles. The highest BCUT2D eigenvalue weighted by Crippen LogP contribution is 2.26. The van der Waals surface area contributed by atoms with Crippen molar-refractivity contribution in [2.24, 2.45) is 10.8 Å². The van der Waals surface area contributed by atoms with Crippen molar-refractivity contribution in [3.63, 3.8) is 0 Å². The van der Waals surface area contributed by atoms with E-state index in [0.29, 0.717) is 6.42 Å². The number of rotatable bonds is 5. The number of carboxylic acid groups (broad SMARTS) is 1. The van der Waals surface area contributed by atoms with Crippen LogP contribution < -0.4 is 0 Å². The summed E-state index contributed by atoms with van der Waals surface area (Å²) >= 11 is 0. The van der Waals surface area contributed by atoms with Crippen molar-refractivity contribution in [2.75, 3.05) is 0 Å². The molecule has 1 aliphatic rings. The quantitative estimate of drug-likeness (QED) is 0.740. The largest absolute Gasteiger partial charge is 0.481 e. The Labute approximate surface area is 135 Å². The van der Waals surface area contributed by atoms with Gasteiger partial charge in [-0.05, 0) is 66.2 Å². The molecular weight excluding hydrogens is 280 g/mol. The maximum Gasteiger partial charge on any atom is 0.311 e. The van der Waals surface area contributed by atoms with E-state index in [1.807, 2.05) is 27.7 Å². The molecule has 0 aromatic heterocycles. The Balaban J connectivity index is 0.000000472. The minimum absolute atomic E-state index is 0.0214. The average molecular weight is 314 g/mol. The maximum absolute atomic E-state index is 11.7. The highest BCUT2D eigenvalue weighted by molar-refractivity contribution is 5.76. The molecular formula is C18H34O4. The number of esters is 1. The SMILES string of the molecule is CCC(C)(C)C(=O)O.CCC(C)(C)C(=O)OC1CCCCC1. The molecule has 0 saturated heterocycles. The van der Waals surface area contributed by atoms with Crippen LogP contribution in [-0.2, 0) is 14.3 Å². The lowest BCUT2D eigenvalue weighted by Gasteiger charge is -2.27. The molecule has 1 fully saturated rings. The van der Waals surface area contributed by atoms with Crippen molar-refractivity contribution in [3.8, 4) is 0 Å². The van der Waals surface area contributed by atoms with Crippen LogP contribution in [-0.4, -0.2) is 23.1 Å². The first-order chi connectivity index (χ1) is 10.1. The first-order valence-corrected chi connectivity index (χ1v) is 8.51. The van der Waals surface area contributed by atoms with E-state index in [1.54, 1.807) is 13.8 Å². The minimum atomic E-state index is -0.722. The molecule has 1 saturated carbocycles. The molecule has 4 heteroatoms. The molecule has 1 aliphatic carbocycles. The number of hydrogen-bond acceptors (Lipinski definition) is 3. The summed E-state index contributed by atoms with van der Waals surface area (Å²) in [5, 5.41) is 8.44. The zero-order valence-electron chi connectivity index (χ0n) is 15.2. The predicted octanol–water partition coefficient (Wildman–Crippen LogP) is 4.81. The van der Waals surface area contributed by atoms with E-state index >= 15 is 0 Å². The molecule has 130 valence electrons. The van der Waals surface area contributed by atoms with Crippen molar-refractivity contribution >= 4 is 11.9 Å². The Morgan fingerprint density at radius 1 is 0.955 bits per heavy atom. The summed E-state index contributed by atoms with van der Waals surface area (Å²) in [5.74, 6) is -0.744. The molecule has 0 spiro atoms. The predicted molar refractivity (Wildman–Crippen MR) is 88.7 cm³/mol. The molecule has 0 aliphatic heterocycles. The summed E-state index contributed by atoms with van der Waals surface area (Å²) in [6.45, 7) is 11.2. The van der Waals surface area contributed by atoms with Gasteiger partial charge in [-0.1, -0.05) is 20.3 Å². The normalized spacial score (nSPS) is 16.5. The summed E-state index contributed by atoms with van der Waals surface area (Å²) in [6.07, 6.45) is 7.57. The van der Waals surface area contributed by atoms with Gasteiger partial charge in [0, 0.05) is 0 Å². The summed E-state index contributed by atoms with van der Waals surface area (Å²) < 4.78 is 5.51. The fraction of sp³-hybridized carbons (Fsp3) is 0.889. The number of aliphatic carboxylic acids is 1. The monoisotopic (exact) mass is 314 g/mol. The van der Waals surface area contributed by atoms with E-state index in [9.17, 15) is 9.59 Å². The van der Waals surface area contributed by atoms with Gasteiger partial charge in [-0.2, -0.15) is 0 Å².